The van der Waals surface area contributed by atoms with E-state index < -0.39 is 0 Å². The maximum atomic E-state index is 9.64. The van der Waals surface area contributed by atoms with Crippen LogP contribution in [-0.4, -0.2) is 24.6 Å². The number of benzene rings is 1. The van der Waals surface area contributed by atoms with Gasteiger partial charge in [-0.15, -0.1) is 11.8 Å². The van der Waals surface area contributed by atoms with Crippen LogP contribution in [0.25, 0.3) is 0 Å². The molecule has 0 aromatic heterocycles. The number of hydrogen-bond donors (Lipinski definition) is 1. The van der Waals surface area contributed by atoms with Crippen molar-refractivity contribution in [3.05, 3.63) is 29.8 Å². The molecule has 2 nitrogen and oxygen atoms in total. The molecule has 0 amide bonds. The molecule has 0 saturated heterocycles. The lowest BCUT2D eigenvalue weighted by Gasteiger charge is -2.08. The van der Waals surface area contributed by atoms with Gasteiger partial charge in [0.15, 0.2) is 0 Å². The van der Waals surface area contributed by atoms with E-state index in [0.717, 1.165) is 30.8 Å². The normalized spacial score (nSPS) is 12.7. The molecule has 1 atom stereocenters. The lowest BCUT2D eigenvalue weighted by Crippen LogP contribution is -1.94. The van der Waals surface area contributed by atoms with Crippen molar-refractivity contribution >= 4 is 11.8 Å². The van der Waals surface area contributed by atoms with E-state index in [1.54, 1.807) is 7.11 Å². The van der Waals surface area contributed by atoms with Gasteiger partial charge in [0.25, 0.3) is 0 Å². The highest BCUT2D eigenvalue weighted by Gasteiger charge is 2.03. The minimum atomic E-state index is -0.326. The van der Waals surface area contributed by atoms with Crippen LogP contribution in [0.15, 0.2) is 29.2 Å². The van der Waals surface area contributed by atoms with Crippen LogP contribution in [0.4, 0.5) is 0 Å². The van der Waals surface area contributed by atoms with Crippen LogP contribution in [0.3, 0.4) is 0 Å². The molecule has 0 fully saturated rings. The van der Waals surface area contributed by atoms with E-state index in [-0.39, 0.29) is 6.10 Å². The first-order valence-corrected chi connectivity index (χ1v) is 6.66. The Balaban J connectivity index is 2.39. The molecular formula is C13H20O2S. The first-order chi connectivity index (χ1) is 7.77. The molecule has 1 aromatic rings. The van der Waals surface area contributed by atoms with Gasteiger partial charge >= 0.3 is 0 Å². The molecule has 0 aliphatic carbocycles. The average molecular weight is 240 g/mol. The Bertz CT molecular complexity index is 284. The zero-order valence-corrected chi connectivity index (χ0v) is 10.8. The summed E-state index contributed by atoms with van der Waals surface area (Å²) in [6.45, 7) is 2.80. The Morgan fingerprint density at radius 3 is 2.56 bits per heavy atom. The summed E-state index contributed by atoms with van der Waals surface area (Å²) in [7, 11) is 1.73. The molecule has 1 N–H and O–H groups in total. The van der Waals surface area contributed by atoms with E-state index in [1.165, 1.54) is 4.90 Å². The molecule has 16 heavy (non-hydrogen) atoms. The zero-order chi connectivity index (χ0) is 11.8. The first kappa shape index (κ1) is 13.6. The summed E-state index contributed by atoms with van der Waals surface area (Å²) in [5.74, 6) is 1.07. The van der Waals surface area contributed by atoms with Crippen molar-refractivity contribution < 1.29 is 9.84 Å². The molecular weight excluding hydrogens is 220 g/mol. The van der Waals surface area contributed by atoms with Gasteiger partial charge in [-0.05, 0) is 30.5 Å². The lowest BCUT2D eigenvalue weighted by molar-refractivity contribution is 0.173. The van der Waals surface area contributed by atoms with Gasteiger partial charge in [0.1, 0.15) is 0 Å². The van der Waals surface area contributed by atoms with Gasteiger partial charge in [-0.3, -0.25) is 0 Å². The minimum absolute atomic E-state index is 0.326. The molecule has 1 rings (SSSR count). The summed E-state index contributed by atoms with van der Waals surface area (Å²) < 4.78 is 5.00. The molecule has 1 unspecified atom stereocenters. The topological polar surface area (TPSA) is 29.5 Å². The predicted molar refractivity (Wildman–Crippen MR) is 68.9 cm³/mol. The number of ether oxygens (including phenoxy) is 1. The van der Waals surface area contributed by atoms with Gasteiger partial charge in [0.05, 0.1) is 6.10 Å². The smallest absolute Gasteiger partial charge is 0.0787 e. The fourth-order valence-corrected chi connectivity index (χ4v) is 2.24. The molecule has 0 saturated carbocycles. The standard InChI is InChI=1S/C13H20O2S/c1-3-13(14)11-5-7-12(8-6-11)16-10-4-9-15-2/h5-8,13-14H,3-4,9-10H2,1-2H3. The minimum Gasteiger partial charge on any atom is -0.388 e. The highest BCUT2D eigenvalue weighted by Crippen LogP contribution is 2.22. The Kier molecular flexibility index (Phi) is 6.53. The van der Waals surface area contributed by atoms with Gasteiger partial charge in [0.2, 0.25) is 0 Å². The van der Waals surface area contributed by atoms with Crippen LogP contribution >= 0.6 is 11.8 Å². The van der Waals surface area contributed by atoms with E-state index in [4.69, 9.17) is 4.74 Å². The van der Waals surface area contributed by atoms with Gasteiger partial charge in [-0.1, -0.05) is 19.1 Å². The van der Waals surface area contributed by atoms with Crippen molar-refractivity contribution in [2.45, 2.75) is 30.8 Å². The van der Waals surface area contributed by atoms with Crippen molar-refractivity contribution in [2.75, 3.05) is 19.5 Å². The second kappa shape index (κ2) is 7.71. The van der Waals surface area contributed by atoms with E-state index in [9.17, 15) is 5.11 Å². The third kappa shape index (κ3) is 4.56. The van der Waals surface area contributed by atoms with E-state index in [1.807, 2.05) is 30.8 Å². The summed E-state index contributed by atoms with van der Waals surface area (Å²) in [4.78, 5) is 1.25. The summed E-state index contributed by atoms with van der Waals surface area (Å²) in [6, 6.07) is 8.16. The Labute approximate surface area is 102 Å². The molecule has 0 bridgehead atoms. The maximum absolute atomic E-state index is 9.64. The average Bonchev–Trinajstić information content (AvgIpc) is 2.34. The van der Waals surface area contributed by atoms with Crippen LogP contribution in [0.1, 0.15) is 31.4 Å². The second-order valence-electron chi connectivity index (χ2n) is 3.69. The highest BCUT2D eigenvalue weighted by molar-refractivity contribution is 7.99. The highest BCUT2D eigenvalue weighted by atomic mass is 32.2. The van der Waals surface area contributed by atoms with Crippen molar-refractivity contribution in [2.24, 2.45) is 0 Å². The largest absolute Gasteiger partial charge is 0.388 e. The Morgan fingerprint density at radius 1 is 1.31 bits per heavy atom. The molecule has 3 heteroatoms. The number of hydrogen-bond acceptors (Lipinski definition) is 3. The van der Waals surface area contributed by atoms with Crippen molar-refractivity contribution in [3.8, 4) is 0 Å². The van der Waals surface area contributed by atoms with Crippen LogP contribution in [0.2, 0.25) is 0 Å². The third-order valence-corrected chi connectivity index (χ3v) is 3.51. The summed E-state index contributed by atoms with van der Waals surface area (Å²) in [5, 5.41) is 9.64. The van der Waals surface area contributed by atoms with E-state index >= 15 is 0 Å². The fraction of sp³-hybridized carbons (Fsp3) is 0.538. The fourth-order valence-electron chi connectivity index (χ4n) is 1.42. The molecule has 0 aliphatic rings. The van der Waals surface area contributed by atoms with Crippen molar-refractivity contribution in [1.82, 2.24) is 0 Å². The van der Waals surface area contributed by atoms with Crippen LogP contribution in [-0.2, 0) is 4.74 Å². The van der Waals surface area contributed by atoms with E-state index in [0.29, 0.717) is 0 Å². The lowest BCUT2D eigenvalue weighted by atomic mass is 10.1. The predicted octanol–water partition coefficient (Wildman–Crippen LogP) is 3.26. The molecule has 1 aromatic carbocycles. The quantitative estimate of drug-likeness (QED) is 0.586. The van der Waals surface area contributed by atoms with Gasteiger partial charge in [0, 0.05) is 24.4 Å². The number of thioether (sulfide) groups is 1. The van der Waals surface area contributed by atoms with Crippen LogP contribution < -0.4 is 0 Å². The Hall–Kier alpha value is -0.510. The van der Waals surface area contributed by atoms with Crippen LogP contribution in [0.5, 0.6) is 0 Å². The second-order valence-corrected chi connectivity index (χ2v) is 4.86. The van der Waals surface area contributed by atoms with E-state index in [2.05, 4.69) is 12.1 Å². The monoisotopic (exact) mass is 240 g/mol. The third-order valence-electron chi connectivity index (χ3n) is 2.41. The van der Waals surface area contributed by atoms with Crippen LogP contribution in [0, 0.1) is 0 Å². The Morgan fingerprint density at radius 2 is 2.00 bits per heavy atom. The number of methoxy groups -OCH3 is 1. The summed E-state index contributed by atoms with van der Waals surface area (Å²) >= 11 is 1.83. The number of rotatable bonds is 7. The molecule has 0 aliphatic heterocycles. The van der Waals surface area contributed by atoms with Gasteiger partial charge in [-0.25, -0.2) is 0 Å². The molecule has 90 valence electrons. The number of aliphatic hydroxyl groups is 1. The molecule has 0 radical (unpaired) electrons. The van der Waals surface area contributed by atoms with Crippen molar-refractivity contribution in [1.29, 1.82) is 0 Å². The van der Waals surface area contributed by atoms with Crippen molar-refractivity contribution in [3.63, 3.8) is 0 Å². The van der Waals surface area contributed by atoms with Gasteiger partial charge < -0.3 is 9.84 Å². The maximum Gasteiger partial charge on any atom is 0.0787 e. The molecule has 0 spiro atoms. The zero-order valence-electron chi connectivity index (χ0n) is 9.98. The SMILES string of the molecule is CCC(O)c1ccc(SCCCOC)cc1. The summed E-state index contributed by atoms with van der Waals surface area (Å²) in [6.07, 6.45) is 1.51. The molecule has 0 heterocycles. The number of aliphatic hydroxyl groups excluding tert-OH is 1. The van der Waals surface area contributed by atoms with Gasteiger partial charge in [-0.2, -0.15) is 0 Å². The first-order valence-electron chi connectivity index (χ1n) is 5.67. The summed E-state index contributed by atoms with van der Waals surface area (Å²) in [5.41, 5.74) is 1.00.